The van der Waals surface area contributed by atoms with Gasteiger partial charge in [-0.1, -0.05) is 31.1 Å². The Kier molecular flexibility index (Phi) is 3.16. The molecule has 0 bridgehead atoms. The van der Waals surface area contributed by atoms with E-state index < -0.39 is 0 Å². The van der Waals surface area contributed by atoms with E-state index in [1.165, 1.54) is 0 Å². The molecule has 24 heavy (non-hydrogen) atoms. The van der Waals surface area contributed by atoms with Gasteiger partial charge in [0.05, 0.1) is 12.5 Å². The molecule has 1 fully saturated rings. The molecule has 0 unspecified atom stereocenters. The van der Waals surface area contributed by atoms with E-state index in [1.807, 2.05) is 18.2 Å². The minimum Gasteiger partial charge on any atom is -0.497 e. The zero-order chi connectivity index (χ0) is 16.8. The van der Waals surface area contributed by atoms with Crippen LogP contribution in [0.1, 0.15) is 31.7 Å². The maximum Gasteiger partial charge on any atom is 0.238 e. The second-order valence-electron chi connectivity index (χ2n) is 6.73. The third-order valence-corrected chi connectivity index (χ3v) is 4.91. The van der Waals surface area contributed by atoms with Crippen LogP contribution in [-0.2, 0) is 5.41 Å². The van der Waals surface area contributed by atoms with Gasteiger partial charge in [0, 0.05) is 6.20 Å². The van der Waals surface area contributed by atoms with Crippen LogP contribution in [-0.4, -0.2) is 27.4 Å². The first-order chi connectivity index (χ1) is 11.6. The fourth-order valence-electron chi connectivity index (χ4n) is 3.40. The largest absolute Gasteiger partial charge is 0.497 e. The lowest BCUT2D eigenvalue weighted by molar-refractivity contribution is 0.339. The van der Waals surface area contributed by atoms with E-state index >= 15 is 0 Å². The second kappa shape index (κ2) is 5.12. The van der Waals surface area contributed by atoms with Crippen LogP contribution in [0.15, 0.2) is 47.1 Å². The quantitative estimate of drug-likeness (QED) is 0.734. The predicted molar refractivity (Wildman–Crippen MR) is 87.5 cm³/mol. The molecule has 2 aromatic heterocycles. The van der Waals surface area contributed by atoms with E-state index in [2.05, 4.69) is 46.3 Å². The third kappa shape index (κ3) is 2.10. The maximum absolute atomic E-state index is 5.63. The minimum atomic E-state index is -0.271. The van der Waals surface area contributed by atoms with E-state index in [9.17, 15) is 0 Å². The van der Waals surface area contributed by atoms with Crippen molar-refractivity contribution in [3.63, 3.8) is 0 Å². The maximum atomic E-state index is 5.63. The molecular weight excluding hydrogens is 304 g/mol. The number of hydrogen-bond donors (Lipinski definition) is 0. The van der Waals surface area contributed by atoms with E-state index in [0.29, 0.717) is 17.4 Å². The number of hydrogen-bond acceptors (Lipinski definition) is 6. The van der Waals surface area contributed by atoms with Crippen LogP contribution in [0.5, 0.6) is 5.75 Å². The average molecular weight is 322 g/mol. The molecule has 0 radical (unpaired) electrons. The van der Waals surface area contributed by atoms with Gasteiger partial charge in [0.1, 0.15) is 11.4 Å². The first-order valence-corrected chi connectivity index (χ1v) is 7.84. The fraction of sp³-hybridized carbons (Fsp3) is 0.333. The van der Waals surface area contributed by atoms with Crippen molar-refractivity contribution >= 4 is 0 Å². The Balaban J connectivity index is 1.76. The summed E-state index contributed by atoms with van der Waals surface area (Å²) < 4.78 is 10.9. The summed E-state index contributed by atoms with van der Waals surface area (Å²) in [5, 5.41) is 12.0. The van der Waals surface area contributed by atoms with E-state index in [-0.39, 0.29) is 10.8 Å². The second-order valence-corrected chi connectivity index (χ2v) is 6.73. The predicted octanol–water partition coefficient (Wildman–Crippen LogP) is 3.25. The highest BCUT2D eigenvalue weighted by atomic mass is 16.5. The Bertz CT molecular complexity index is 858. The highest BCUT2D eigenvalue weighted by Crippen LogP contribution is 2.67. The molecule has 1 aliphatic rings. The number of benzene rings is 1. The van der Waals surface area contributed by atoms with Gasteiger partial charge in [0.15, 0.2) is 0 Å². The summed E-state index contributed by atoms with van der Waals surface area (Å²) in [6, 6.07) is 11.7. The molecule has 0 amide bonds. The lowest BCUT2D eigenvalue weighted by Crippen LogP contribution is -2.16. The topological polar surface area (TPSA) is 73.9 Å². The molecule has 122 valence electrons. The summed E-state index contributed by atoms with van der Waals surface area (Å²) in [6.45, 7) is 4.42. The molecule has 0 N–H and O–H groups in total. The number of methoxy groups -OCH3 is 1. The standard InChI is InChI=1S/C18H18N4O2/c1-17(2)11-18(17,12-6-8-13(23-3)9-7-12)16-20-15(22-24-16)14-5-4-10-19-21-14/h4-10H,11H2,1-3H3/t18-/m1/s1. The molecule has 6 heteroatoms. The highest BCUT2D eigenvalue weighted by Gasteiger charge is 2.66. The Morgan fingerprint density at radius 1 is 1.12 bits per heavy atom. The number of nitrogens with zero attached hydrogens (tertiary/aromatic N) is 4. The zero-order valence-corrected chi connectivity index (χ0v) is 13.9. The minimum absolute atomic E-state index is 0.0494. The lowest BCUT2D eigenvalue weighted by Gasteiger charge is -2.17. The van der Waals surface area contributed by atoms with Gasteiger partial charge in [-0.05, 0) is 41.7 Å². The summed E-state index contributed by atoms with van der Waals surface area (Å²) in [7, 11) is 1.66. The number of aromatic nitrogens is 4. The van der Waals surface area contributed by atoms with Crippen LogP contribution in [0.2, 0.25) is 0 Å². The number of ether oxygens (including phenoxy) is 1. The van der Waals surface area contributed by atoms with Gasteiger partial charge in [-0.15, -0.1) is 5.10 Å². The molecule has 3 aromatic rings. The summed E-state index contributed by atoms with van der Waals surface area (Å²) in [4.78, 5) is 4.62. The third-order valence-electron chi connectivity index (χ3n) is 4.91. The van der Waals surface area contributed by atoms with Gasteiger partial charge >= 0.3 is 0 Å². The monoisotopic (exact) mass is 322 g/mol. The summed E-state index contributed by atoms with van der Waals surface area (Å²) >= 11 is 0. The number of rotatable bonds is 4. The molecule has 0 aliphatic heterocycles. The highest BCUT2D eigenvalue weighted by molar-refractivity contribution is 5.50. The van der Waals surface area contributed by atoms with Crippen LogP contribution in [0, 0.1) is 5.41 Å². The van der Waals surface area contributed by atoms with Gasteiger partial charge < -0.3 is 9.26 Å². The molecule has 1 saturated carbocycles. The van der Waals surface area contributed by atoms with Crippen LogP contribution in [0.3, 0.4) is 0 Å². The fourth-order valence-corrected chi connectivity index (χ4v) is 3.40. The van der Waals surface area contributed by atoms with Crippen molar-refractivity contribution < 1.29 is 9.26 Å². The molecule has 1 aromatic carbocycles. The smallest absolute Gasteiger partial charge is 0.238 e. The Labute approximate surface area is 139 Å². The molecule has 0 saturated heterocycles. The Morgan fingerprint density at radius 2 is 1.88 bits per heavy atom. The zero-order valence-electron chi connectivity index (χ0n) is 13.9. The van der Waals surface area contributed by atoms with Crippen LogP contribution >= 0.6 is 0 Å². The van der Waals surface area contributed by atoms with Crippen molar-refractivity contribution in [1.29, 1.82) is 0 Å². The first-order valence-electron chi connectivity index (χ1n) is 7.84. The van der Waals surface area contributed by atoms with E-state index in [0.717, 1.165) is 17.7 Å². The van der Waals surface area contributed by atoms with Gasteiger partial charge in [0.25, 0.3) is 0 Å². The Morgan fingerprint density at radius 3 is 2.46 bits per heavy atom. The van der Waals surface area contributed by atoms with E-state index in [4.69, 9.17) is 9.26 Å². The van der Waals surface area contributed by atoms with Gasteiger partial charge in [-0.3, -0.25) is 0 Å². The molecule has 0 spiro atoms. The van der Waals surface area contributed by atoms with Crippen LogP contribution in [0.4, 0.5) is 0 Å². The molecular formula is C18H18N4O2. The van der Waals surface area contributed by atoms with Crippen LogP contribution in [0.25, 0.3) is 11.5 Å². The summed E-state index contributed by atoms with van der Waals surface area (Å²) in [5.41, 5.74) is 1.54. The SMILES string of the molecule is COc1ccc([C@@]2(c3nc(-c4cccnn4)no3)CC2(C)C)cc1. The van der Waals surface area contributed by atoms with Crippen molar-refractivity contribution in [2.45, 2.75) is 25.7 Å². The normalized spacial score (nSPS) is 21.5. The van der Waals surface area contributed by atoms with Gasteiger partial charge in [-0.25, -0.2) is 0 Å². The van der Waals surface area contributed by atoms with Crippen molar-refractivity contribution in [1.82, 2.24) is 20.3 Å². The van der Waals surface area contributed by atoms with Gasteiger partial charge in [0.2, 0.25) is 11.7 Å². The lowest BCUT2D eigenvalue weighted by atomic mass is 9.87. The average Bonchev–Trinajstić information content (AvgIpc) is 2.98. The van der Waals surface area contributed by atoms with Crippen molar-refractivity contribution in [2.24, 2.45) is 5.41 Å². The first kappa shape index (κ1) is 14.8. The summed E-state index contributed by atoms with van der Waals surface area (Å²) in [5.74, 6) is 1.92. The Hall–Kier alpha value is -2.76. The summed E-state index contributed by atoms with van der Waals surface area (Å²) in [6.07, 6.45) is 2.57. The van der Waals surface area contributed by atoms with Crippen LogP contribution < -0.4 is 4.74 Å². The van der Waals surface area contributed by atoms with Crippen molar-refractivity contribution in [3.05, 3.63) is 54.0 Å². The van der Waals surface area contributed by atoms with Crippen molar-refractivity contribution in [3.8, 4) is 17.3 Å². The molecule has 4 rings (SSSR count). The molecule has 1 atom stereocenters. The van der Waals surface area contributed by atoms with Gasteiger partial charge in [-0.2, -0.15) is 10.1 Å². The molecule has 6 nitrogen and oxygen atoms in total. The van der Waals surface area contributed by atoms with E-state index in [1.54, 1.807) is 19.4 Å². The van der Waals surface area contributed by atoms with Crippen molar-refractivity contribution in [2.75, 3.05) is 7.11 Å². The molecule has 2 heterocycles. The molecule has 1 aliphatic carbocycles.